The summed E-state index contributed by atoms with van der Waals surface area (Å²) in [6, 6.07) is 12.6. The zero-order valence-electron chi connectivity index (χ0n) is 17.3. The summed E-state index contributed by atoms with van der Waals surface area (Å²) in [6.45, 7) is 4.50. The molecule has 2 aliphatic heterocycles. The Hall–Kier alpha value is -2.34. The van der Waals surface area contributed by atoms with Gasteiger partial charge in [-0.15, -0.1) is 0 Å². The highest BCUT2D eigenvalue weighted by atomic mass is 35.5. The number of hydrogen-bond acceptors (Lipinski definition) is 5. The van der Waals surface area contributed by atoms with Crippen molar-refractivity contribution in [1.82, 2.24) is 9.88 Å². The van der Waals surface area contributed by atoms with Crippen LogP contribution in [-0.2, 0) is 22.5 Å². The molecular formula is C24H28ClN3O2. The first kappa shape index (κ1) is 20.9. The lowest BCUT2D eigenvalue weighted by Crippen LogP contribution is -2.25. The van der Waals surface area contributed by atoms with Crippen LogP contribution < -0.4 is 4.90 Å². The minimum atomic E-state index is 0.405. The van der Waals surface area contributed by atoms with E-state index in [1.54, 1.807) is 6.20 Å². The minimum Gasteiger partial charge on any atom is -0.488 e. The molecule has 0 spiro atoms. The summed E-state index contributed by atoms with van der Waals surface area (Å²) >= 11 is 5.86. The Kier molecular flexibility index (Phi) is 7.05. The molecule has 0 aliphatic carbocycles. The van der Waals surface area contributed by atoms with Gasteiger partial charge in [0, 0.05) is 51.4 Å². The largest absolute Gasteiger partial charge is 0.488 e. The van der Waals surface area contributed by atoms with Crippen molar-refractivity contribution in [2.24, 2.45) is 0 Å². The molecule has 0 N–H and O–H groups in total. The van der Waals surface area contributed by atoms with E-state index in [1.807, 2.05) is 25.3 Å². The average molecular weight is 426 g/mol. The summed E-state index contributed by atoms with van der Waals surface area (Å²) in [6.07, 6.45) is 10.4. The summed E-state index contributed by atoms with van der Waals surface area (Å²) in [7, 11) is 1.81. The van der Waals surface area contributed by atoms with E-state index < -0.39 is 0 Å². The van der Waals surface area contributed by atoms with E-state index in [-0.39, 0.29) is 0 Å². The molecule has 0 amide bonds. The molecular weight excluding hydrogens is 398 g/mol. The van der Waals surface area contributed by atoms with Gasteiger partial charge in [0.15, 0.2) is 0 Å². The Morgan fingerprint density at radius 2 is 2.03 bits per heavy atom. The summed E-state index contributed by atoms with van der Waals surface area (Å²) < 4.78 is 11.3. The second kappa shape index (κ2) is 10.1. The van der Waals surface area contributed by atoms with E-state index >= 15 is 0 Å². The molecule has 0 bridgehead atoms. The number of likely N-dealkylation sites (tertiary alicyclic amines) is 1. The normalized spacial score (nSPS) is 19.2. The molecule has 2 aliphatic rings. The molecule has 0 radical (unpaired) electrons. The quantitative estimate of drug-likeness (QED) is 0.625. The first-order valence-corrected chi connectivity index (χ1v) is 10.8. The molecule has 1 fully saturated rings. The molecule has 3 heterocycles. The molecule has 1 aromatic carbocycles. The standard InChI is InChI=1S/C24H28ClN3O2/c1-29-24-9-13-27(17-24)12-8-19-2-6-22(7-3-19)28-14-10-23(11-15-28)30-18-21-5-4-20(25)16-26-21/h2-7,10-11,14,16,24H,8-9,12-13,15,17-18H2,1H3/t24-/m0/s1. The molecule has 6 heteroatoms. The second-order valence-corrected chi connectivity index (χ2v) is 8.13. The molecule has 0 unspecified atom stereocenters. The number of aromatic nitrogens is 1. The van der Waals surface area contributed by atoms with E-state index in [0.29, 0.717) is 17.7 Å². The fourth-order valence-corrected chi connectivity index (χ4v) is 3.87. The molecule has 1 saturated heterocycles. The van der Waals surface area contributed by atoms with Crippen LogP contribution in [0.5, 0.6) is 0 Å². The van der Waals surface area contributed by atoms with Gasteiger partial charge in [0.05, 0.1) is 16.8 Å². The highest BCUT2D eigenvalue weighted by Crippen LogP contribution is 2.21. The molecule has 158 valence electrons. The molecule has 5 nitrogen and oxygen atoms in total. The van der Waals surface area contributed by atoms with Crippen LogP contribution in [-0.4, -0.2) is 49.3 Å². The van der Waals surface area contributed by atoms with E-state index in [4.69, 9.17) is 21.1 Å². The first-order chi connectivity index (χ1) is 14.7. The third kappa shape index (κ3) is 5.63. The Morgan fingerprint density at radius 1 is 1.17 bits per heavy atom. The molecule has 1 atom stereocenters. The van der Waals surface area contributed by atoms with Gasteiger partial charge in [0.2, 0.25) is 0 Å². The second-order valence-electron chi connectivity index (χ2n) is 7.69. The Morgan fingerprint density at radius 3 is 2.70 bits per heavy atom. The van der Waals surface area contributed by atoms with Crippen LogP contribution in [0, 0.1) is 0 Å². The van der Waals surface area contributed by atoms with Gasteiger partial charge < -0.3 is 19.3 Å². The number of anilines is 1. The van der Waals surface area contributed by atoms with E-state index in [1.165, 1.54) is 11.3 Å². The van der Waals surface area contributed by atoms with Gasteiger partial charge in [-0.25, -0.2) is 0 Å². The predicted octanol–water partition coefficient (Wildman–Crippen LogP) is 4.43. The fourth-order valence-electron chi connectivity index (χ4n) is 3.76. The third-order valence-electron chi connectivity index (χ3n) is 5.63. The highest BCUT2D eigenvalue weighted by Gasteiger charge is 2.21. The van der Waals surface area contributed by atoms with Crippen molar-refractivity contribution in [3.63, 3.8) is 0 Å². The van der Waals surface area contributed by atoms with Crippen LogP contribution in [0.25, 0.3) is 0 Å². The van der Waals surface area contributed by atoms with Gasteiger partial charge in [-0.05, 0) is 54.8 Å². The van der Waals surface area contributed by atoms with Gasteiger partial charge in [-0.2, -0.15) is 0 Å². The lowest BCUT2D eigenvalue weighted by atomic mass is 10.1. The van der Waals surface area contributed by atoms with Crippen LogP contribution in [0.2, 0.25) is 5.02 Å². The van der Waals surface area contributed by atoms with Crippen LogP contribution in [0.4, 0.5) is 5.69 Å². The van der Waals surface area contributed by atoms with Gasteiger partial charge in [0.25, 0.3) is 0 Å². The molecule has 1 aromatic heterocycles. The molecule has 0 saturated carbocycles. The summed E-state index contributed by atoms with van der Waals surface area (Å²) in [5.41, 5.74) is 3.42. The number of pyridine rings is 1. The first-order valence-electron chi connectivity index (χ1n) is 10.4. The number of hydrogen-bond donors (Lipinski definition) is 0. The Balaban J connectivity index is 1.23. The number of nitrogens with zero attached hydrogens (tertiary/aromatic N) is 3. The van der Waals surface area contributed by atoms with Crippen molar-refractivity contribution in [2.45, 2.75) is 25.6 Å². The monoisotopic (exact) mass is 425 g/mol. The summed E-state index contributed by atoms with van der Waals surface area (Å²) in [4.78, 5) is 8.95. The zero-order valence-corrected chi connectivity index (χ0v) is 18.1. The van der Waals surface area contributed by atoms with Crippen LogP contribution in [0.15, 0.2) is 66.7 Å². The van der Waals surface area contributed by atoms with E-state index in [9.17, 15) is 0 Å². The Bertz CT molecular complexity index is 880. The number of halogens is 1. The number of ether oxygens (including phenoxy) is 2. The minimum absolute atomic E-state index is 0.405. The summed E-state index contributed by atoms with van der Waals surface area (Å²) in [5, 5.41) is 0.632. The van der Waals surface area contributed by atoms with Crippen molar-refractivity contribution in [1.29, 1.82) is 0 Å². The molecule has 2 aromatic rings. The number of benzene rings is 1. The van der Waals surface area contributed by atoms with Crippen molar-refractivity contribution in [2.75, 3.05) is 38.2 Å². The maximum Gasteiger partial charge on any atom is 0.130 e. The van der Waals surface area contributed by atoms with E-state index in [2.05, 4.69) is 51.3 Å². The molecule has 4 rings (SSSR count). The molecule has 30 heavy (non-hydrogen) atoms. The zero-order chi connectivity index (χ0) is 20.8. The number of rotatable bonds is 8. The number of allylic oxidation sites excluding steroid dienone is 1. The fraction of sp³-hybridized carbons (Fsp3) is 0.375. The van der Waals surface area contributed by atoms with Gasteiger partial charge in [-0.3, -0.25) is 4.98 Å². The van der Waals surface area contributed by atoms with Crippen LogP contribution in [0.1, 0.15) is 17.7 Å². The van der Waals surface area contributed by atoms with Crippen molar-refractivity contribution in [3.8, 4) is 0 Å². The van der Waals surface area contributed by atoms with Crippen molar-refractivity contribution < 1.29 is 9.47 Å². The predicted molar refractivity (Wildman–Crippen MR) is 121 cm³/mol. The third-order valence-corrected chi connectivity index (χ3v) is 5.85. The topological polar surface area (TPSA) is 37.8 Å². The average Bonchev–Trinajstić information content (AvgIpc) is 3.26. The van der Waals surface area contributed by atoms with Crippen molar-refractivity contribution in [3.05, 3.63) is 83.0 Å². The Labute approximate surface area is 183 Å². The lowest BCUT2D eigenvalue weighted by molar-refractivity contribution is 0.108. The van der Waals surface area contributed by atoms with Crippen molar-refractivity contribution >= 4 is 17.3 Å². The SMILES string of the molecule is CO[C@H]1CCN(CCc2ccc(N3C=CC(OCc4ccc(Cl)cn4)=CC3)cc2)C1. The maximum absolute atomic E-state index is 5.86. The van der Waals surface area contributed by atoms with E-state index in [0.717, 1.165) is 50.5 Å². The lowest BCUT2D eigenvalue weighted by Gasteiger charge is -2.23. The maximum atomic E-state index is 5.86. The van der Waals surface area contributed by atoms with Gasteiger partial charge in [-0.1, -0.05) is 23.7 Å². The van der Waals surface area contributed by atoms with Crippen LogP contribution >= 0.6 is 11.6 Å². The summed E-state index contributed by atoms with van der Waals surface area (Å²) in [5.74, 6) is 0.861. The number of methoxy groups -OCH3 is 1. The van der Waals surface area contributed by atoms with Crippen LogP contribution in [0.3, 0.4) is 0 Å². The highest BCUT2D eigenvalue weighted by molar-refractivity contribution is 6.30. The van der Waals surface area contributed by atoms with Gasteiger partial charge >= 0.3 is 0 Å². The smallest absolute Gasteiger partial charge is 0.130 e. The van der Waals surface area contributed by atoms with Gasteiger partial charge in [0.1, 0.15) is 12.4 Å².